The highest BCUT2D eigenvalue weighted by atomic mass is 15.1. The van der Waals surface area contributed by atoms with Crippen molar-refractivity contribution in [2.24, 2.45) is 0 Å². The van der Waals surface area contributed by atoms with Crippen LogP contribution in [0.15, 0.2) is 170 Å². The van der Waals surface area contributed by atoms with Crippen molar-refractivity contribution in [2.75, 3.05) is 0 Å². The number of rotatable bonds is 4. The highest BCUT2D eigenvalue weighted by Gasteiger charge is 2.36. The SMILES string of the molecule is CC1(C)c2ccccc2-c2c1ccc1ccc3c(c4ccccc4n3-c3ccc(-c4ccc(-c5ccccc5)cc4-c4ccccc4)cn3)c21. The van der Waals surface area contributed by atoms with E-state index in [1.807, 2.05) is 6.20 Å². The first-order chi connectivity index (χ1) is 24.6. The topological polar surface area (TPSA) is 17.8 Å². The van der Waals surface area contributed by atoms with E-state index < -0.39 is 0 Å². The fourth-order valence-corrected chi connectivity index (χ4v) is 8.45. The second-order valence-corrected chi connectivity index (χ2v) is 14.0. The molecule has 0 bridgehead atoms. The van der Waals surface area contributed by atoms with Crippen LogP contribution >= 0.6 is 0 Å². The van der Waals surface area contributed by atoms with Crippen LogP contribution in [0, 0.1) is 0 Å². The number of pyridine rings is 1. The van der Waals surface area contributed by atoms with Gasteiger partial charge in [0.15, 0.2) is 0 Å². The minimum Gasteiger partial charge on any atom is -0.294 e. The summed E-state index contributed by atoms with van der Waals surface area (Å²) in [6, 6.07) is 59.4. The summed E-state index contributed by atoms with van der Waals surface area (Å²) in [6.07, 6.45) is 2.04. The lowest BCUT2D eigenvalue weighted by atomic mass is 9.82. The van der Waals surface area contributed by atoms with Crippen molar-refractivity contribution in [3.8, 4) is 50.3 Å². The molecule has 2 nitrogen and oxygen atoms in total. The summed E-state index contributed by atoms with van der Waals surface area (Å²) in [4.78, 5) is 5.19. The van der Waals surface area contributed by atoms with Gasteiger partial charge in [0.05, 0.1) is 11.0 Å². The van der Waals surface area contributed by atoms with E-state index in [0.717, 1.165) is 16.9 Å². The Morgan fingerprint density at radius 1 is 0.460 bits per heavy atom. The van der Waals surface area contributed by atoms with Gasteiger partial charge in [-0.1, -0.05) is 147 Å². The van der Waals surface area contributed by atoms with Crippen LogP contribution in [0.1, 0.15) is 25.0 Å². The molecule has 1 aliphatic carbocycles. The maximum absolute atomic E-state index is 5.19. The molecule has 0 N–H and O–H groups in total. The van der Waals surface area contributed by atoms with E-state index in [1.54, 1.807) is 0 Å². The molecule has 10 rings (SSSR count). The summed E-state index contributed by atoms with van der Waals surface area (Å²) in [6.45, 7) is 4.72. The number of hydrogen-bond acceptors (Lipinski definition) is 1. The zero-order chi connectivity index (χ0) is 33.4. The van der Waals surface area contributed by atoms with Crippen LogP contribution in [-0.4, -0.2) is 9.55 Å². The van der Waals surface area contributed by atoms with Crippen LogP contribution in [0.5, 0.6) is 0 Å². The fourth-order valence-electron chi connectivity index (χ4n) is 8.45. The second-order valence-electron chi connectivity index (χ2n) is 14.0. The molecular formula is C48H34N2. The minimum absolute atomic E-state index is 0.0596. The Hall–Kier alpha value is -6.25. The van der Waals surface area contributed by atoms with Crippen LogP contribution in [0.2, 0.25) is 0 Å². The average Bonchev–Trinajstić information content (AvgIpc) is 3.64. The van der Waals surface area contributed by atoms with Crippen LogP contribution in [-0.2, 0) is 5.41 Å². The number of hydrogen-bond donors (Lipinski definition) is 0. The summed E-state index contributed by atoms with van der Waals surface area (Å²) < 4.78 is 2.34. The highest BCUT2D eigenvalue weighted by Crippen LogP contribution is 2.53. The van der Waals surface area contributed by atoms with Gasteiger partial charge >= 0.3 is 0 Å². The third kappa shape index (κ3) is 4.18. The molecule has 0 amide bonds. The molecule has 9 aromatic rings. The molecule has 50 heavy (non-hydrogen) atoms. The number of aromatic nitrogens is 2. The van der Waals surface area contributed by atoms with E-state index in [-0.39, 0.29) is 5.41 Å². The molecule has 0 unspecified atom stereocenters. The Morgan fingerprint density at radius 3 is 1.96 bits per heavy atom. The van der Waals surface area contributed by atoms with E-state index in [4.69, 9.17) is 4.98 Å². The van der Waals surface area contributed by atoms with Gasteiger partial charge in [0.2, 0.25) is 0 Å². The molecule has 7 aromatic carbocycles. The molecule has 236 valence electrons. The zero-order valence-electron chi connectivity index (χ0n) is 28.1. The van der Waals surface area contributed by atoms with Crippen molar-refractivity contribution in [2.45, 2.75) is 19.3 Å². The molecule has 0 aliphatic heterocycles. The van der Waals surface area contributed by atoms with Gasteiger partial charge in [-0.25, -0.2) is 4.98 Å². The molecule has 2 aromatic heterocycles. The quantitative estimate of drug-likeness (QED) is 0.188. The number of nitrogens with zero attached hydrogens (tertiary/aromatic N) is 2. The molecule has 0 fully saturated rings. The van der Waals surface area contributed by atoms with E-state index in [9.17, 15) is 0 Å². The van der Waals surface area contributed by atoms with Gasteiger partial charge < -0.3 is 0 Å². The third-order valence-corrected chi connectivity index (χ3v) is 10.9. The van der Waals surface area contributed by atoms with Gasteiger partial charge in [-0.05, 0) is 91.2 Å². The van der Waals surface area contributed by atoms with Gasteiger partial charge in [-0.3, -0.25) is 4.57 Å². The molecule has 2 heteroatoms. The average molecular weight is 639 g/mol. The Kier molecular flexibility index (Phi) is 6.25. The predicted octanol–water partition coefficient (Wildman–Crippen LogP) is 12.6. The van der Waals surface area contributed by atoms with Crippen molar-refractivity contribution in [3.05, 3.63) is 181 Å². The predicted molar refractivity (Wildman–Crippen MR) is 210 cm³/mol. The second kappa shape index (κ2) is 10.9. The summed E-state index contributed by atoms with van der Waals surface area (Å²) in [5.41, 5.74) is 14.8. The van der Waals surface area contributed by atoms with E-state index in [0.29, 0.717) is 0 Å². The Bertz CT molecular complexity index is 2750. The number of para-hydroxylation sites is 1. The smallest absolute Gasteiger partial charge is 0.137 e. The Labute approximate surface area is 291 Å². The molecule has 0 atom stereocenters. The first kappa shape index (κ1) is 28.7. The van der Waals surface area contributed by atoms with E-state index >= 15 is 0 Å². The van der Waals surface area contributed by atoms with Gasteiger partial charge in [0.1, 0.15) is 5.82 Å². The zero-order valence-corrected chi connectivity index (χ0v) is 28.1. The molecule has 0 spiro atoms. The van der Waals surface area contributed by atoms with E-state index in [2.05, 4.69) is 182 Å². The molecule has 0 saturated heterocycles. The number of benzene rings is 7. The van der Waals surface area contributed by atoms with E-state index in [1.165, 1.54) is 77.1 Å². The molecule has 0 saturated carbocycles. The molecule has 0 radical (unpaired) electrons. The highest BCUT2D eigenvalue weighted by molar-refractivity contribution is 6.25. The molecule has 1 aliphatic rings. The van der Waals surface area contributed by atoms with Crippen molar-refractivity contribution in [3.63, 3.8) is 0 Å². The van der Waals surface area contributed by atoms with Crippen molar-refractivity contribution in [1.29, 1.82) is 0 Å². The summed E-state index contributed by atoms with van der Waals surface area (Å²) in [5, 5.41) is 5.13. The van der Waals surface area contributed by atoms with Crippen molar-refractivity contribution < 1.29 is 0 Å². The van der Waals surface area contributed by atoms with Crippen molar-refractivity contribution >= 4 is 32.6 Å². The summed E-state index contributed by atoms with van der Waals surface area (Å²) in [5.74, 6) is 0.912. The normalized spacial score (nSPS) is 13.2. The van der Waals surface area contributed by atoms with Gasteiger partial charge in [-0.2, -0.15) is 0 Å². The molecular weight excluding hydrogens is 605 g/mol. The van der Waals surface area contributed by atoms with Crippen molar-refractivity contribution in [1.82, 2.24) is 9.55 Å². The van der Waals surface area contributed by atoms with Gasteiger partial charge in [-0.15, -0.1) is 0 Å². The standard InChI is InChI=1S/C48H34N2/c1-48(2)40-19-11-9-17-37(40)46-41(48)26-22-33-23-27-43-47(45(33)46)38-18-10-12-20-42(38)50(43)44-28-24-35(30-49-44)36-25-21-34(31-13-5-3-6-14-31)29-39(36)32-15-7-4-8-16-32/h3-30H,1-2H3. The summed E-state index contributed by atoms with van der Waals surface area (Å²) >= 11 is 0. The fraction of sp³-hybridized carbons (Fsp3) is 0.0625. The largest absolute Gasteiger partial charge is 0.294 e. The number of fused-ring (bicyclic) bond motifs is 9. The monoisotopic (exact) mass is 638 g/mol. The van der Waals surface area contributed by atoms with Gasteiger partial charge in [0.25, 0.3) is 0 Å². The lowest BCUT2D eigenvalue weighted by molar-refractivity contribution is 0.661. The summed E-state index contributed by atoms with van der Waals surface area (Å²) in [7, 11) is 0. The Morgan fingerprint density at radius 2 is 1.16 bits per heavy atom. The lowest BCUT2D eigenvalue weighted by Gasteiger charge is -2.21. The van der Waals surface area contributed by atoms with Crippen LogP contribution < -0.4 is 0 Å². The van der Waals surface area contributed by atoms with Crippen LogP contribution in [0.25, 0.3) is 82.9 Å². The maximum atomic E-state index is 5.19. The lowest BCUT2D eigenvalue weighted by Crippen LogP contribution is -2.14. The third-order valence-electron chi connectivity index (χ3n) is 10.9. The van der Waals surface area contributed by atoms with Gasteiger partial charge in [0, 0.05) is 27.9 Å². The van der Waals surface area contributed by atoms with Crippen LogP contribution in [0.3, 0.4) is 0 Å². The minimum atomic E-state index is -0.0596. The first-order valence-electron chi connectivity index (χ1n) is 17.4. The Balaban J connectivity index is 1.17. The molecule has 2 heterocycles. The first-order valence-corrected chi connectivity index (χ1v) is 17.4. The van der Waals surface area contributed by atoms with Crippen LogP contribution in [0.4, 0.5) is 0 Å². The maximum Gasteiger partial charge on any atom is 0.137 e.